The van der Waals surface area contributed by atoms with Gasteiger partial charge in [0, 0.05) is 5.56 Å². The first-order valence-electron chi connectivity index (χ1n) is 4.38. The van der Waals surface area contributed by atoms with Crippen molar-refractivity contribution in [2.24, 2.45) is 0 Å². The van der Waals surface area contributed by atoms with E-state index in [0.717, 1.165) is 0 Å². The van der Waals surface area contributed by atoms with Gasteiger partial charge < -0.3 is 14.6 Å². The third-order valence-corrected chi connectivity index (χ3v) is 2.74. The second kappa shape index (κ2) is 3.68. The van der Waals surface area contributed by atoms with Gasteiger partial charge in [0.2, 0.25) is 6.79 Å². The van der Waals surface area contributed by atoms with Crippen LogP contribution in [0.25, 0.3) is 0 Å². The van der Waals surface area contributed by atoms with Crippen LogP contribution in [0, 0.1) is 6.92 Å². The number of carbonyl (C=O) groups excluding carboxylic acids is 1. The first-order valence-corrected chi connectivity index (χ1v) is 4.76. The lowest BCUT2D eigenvalue weighted by atomic mass is 10.0. The number of ether oxygens (including phenoxy) is 2. The Bertz CT molecular complexity index is 494. The summed E-state index contributed by atoms with van der Waals surface area (Å²) in [5, 5.41) is 8.84. The van der Waals surface area contributed by atoms with E-state index in [2.05, 4.69) is 0 Å². The van der Waals surface area contributed by atoms with Gasteiger partial charge in [-0.1, -0.05) is 11.6 Å². The number of fused-ring (bicyclic) bond motifs is 1. The van der Waals surface area contributed by atoms with Gasteiger partial charge in [0.1, 0.15) is 0 Å². The summed E-state index contributed by atoms with van der Waals surface area (Å²) in [5.74, 6) is -1.91. The van der Waals surface area contributed by atoms with Gasteiger partial charge in [-0.05, 0) is 18.6 Å². The van der Waals surface area contributed by atoms with E-state index < -0.39 is 11.8 Å². The number of Topliss-reactive ketones (excluding diaryl/α,β-unsaturated/α-hetero) is 1. The minimum atomic E-state index is -1.53. The molecule has 2 rings (SSSR count). The Morgan fingerprint density at radius 2 is 2.12 bits per heavy atom. The van der Waals surface area contributed by atoms with E-state index in [-0.39, 0.29) is 17.4 Å². The molecule has 16 heavy (non-hydrogen) atoms. The standard InChI is InChI=1S/C10H7ClO5/c1-4-5(8(12)10(13)14)2-6-9(7(4)11)16-3-15-6/h2H,3H2,1H3,(H,13,14). The highest BCUT2D eigenvalue weighted by molar-refractivity contribution is 6.41. The van der Waals surface area contributed by atoms with Gasteiger partial charge >= 0.3 is 5.97 Å². The van der Waals surface area contributed by atoms with Crippen molar-refractivity contribution < 1.29 is 24.2 Å². The molecule has 0 saturated heterocycles. The van der Waals surface area contributed by atoms with Crippen LogP contribution >= 0.6 is 11.6 Å². The molecule has 0 fully saturated rings. The number of aliphatic carboxylic acids is 1. The lowest BCUT2D eigenvalue weighted by Crippen LogP contribution is -2.14. The Hall–Kier alpha value is -1.75. The summed E-state index contributed by atoms with van der Waals surface area (Å²) >= 11 is 5.94. The van der Waals surface area contributed by atoms with Crippen molar-refractivity contribution >= 4 is 23.4 Å². The quantitative estimate of drug-likeness (QED) is 0.631. The van der Waals surface area contributed by atoms with E-state index in [1.165, 1.54) is 6.07 Å². The van der Waals surface area contributed by atoms with Crippen molar-refractivity contribution in [2.75, 3.05) is 6.79 Å². The number of carboxylic acids is 1. The molecule has 0 radical (unpaired) electrons. The highest BCUT2D eigenvalue weighted by atomic mass is 35.5. The maximum Gasteiger partial charge on any atom is 0.377 e. The van der Waals surface area contributed by atoms with Crippen molar-refractivity contribution in [3.8, 4) is 11.5 Å². The number of carboxylic acid groups (broad SMARTS) is 1. The second-order valence-corrected chi connectivity index (χ2v) is 3.61. The van der Waals surface area contributed by atoms with E-state index in [1.54, 1.807) is 6.92 Å². The SMILES string of the molecule is Cc1c(C(=O)C(=O)O)cc2c(c1Cl)OCO2. The van der Waals surface area contributed by atoms with Crippen LogP contribution in [-0.4, -0.2) is 23.7 Å². The minimum Gasteiger partial charge on any atom is -0.475 e. The summed E-state index contributed by atoms with van der Waals surface area (Å²) in [4.78, 5) is 22.0. The molecule has 0 atom stereocenters. The van der Waals surface area contributed by atoms with Gasteiger partial charge in [-0.2, -0.15) is 0 Å². The molecule has 1 aromatic rings. The number of hydrogen-bond acceptors (Lipinski definition) is 4. The normalized spacial score (nSPS) is 12.6. The Balaban J connectivity index is 2.60. The number of hydrogen-bond donors (Lipinski definition) is 1. The van der Waals surface area contributed by atoms with Crippen LogP contribution in [0.2, 0.25) is 5.02 Å². The molecular formula is C10H7ClO5. The molecule has 1 aliphatic rings. The summed E-state index contributed by atoms with van der Waals surface area (Å²) in [6.45, 7) is 1.57. The fraction of sp³-hybridized carbons (Fsp3) is 0.200. The van der Waals surface area contributed by atoms with Crippen molar-refractivity contribution in [3.63, 3.8) is 0 Å². The molecule has 0 aromatic heterocycles. The summed E-state index contributed by atoms with van der Waals surface area (Å²) < 4.78 is 10.1. The average Bonchev–Trinajstić information content (AvgIpc) is 2.70. The van der Waals surface area contributed by atoms with E-state index in [1.807, 2.05) is 0 Å². The fourth-order valence-corrected chi connectivity index (χ4v) is 1.70. The maximum atomic E-state index is 11.4. The van der Waals surface area contributed by atoms with Crippen LogP contribution in [0.4, 0.5) is 0 Å². The Labute approximate surface area is 95.5 Å². The predicted octanol–water partition coefficient (Wildman–Crippen LogP) is 1.64. The molecule has 0 spiro atoms. The Morgan fingerprint density at radius 3 is 2.75 bits per heavy atom. The predicted molar refractivity (Wildman–Crippen MR) is 54.3 cm³/mol. The molecule has 0 bridgehead atoms. The average molecular weight is 243 g/mol. The summed E-state index contributed by atoms with van der Waals surface area (Å²) in [5.41, 5.74) is 0.389. The van der Waals surface area contributed by atoms with Gasteiger partial charge in [-0.25, -0.2) is 4.79 Å². The van der Waals surface area contributed by atoms with Crippen LogP contribution in [0.15, 0.2) is 6.07 Å². The molecule has 0 unspecified atom stereocenters. The molecule has 1 N–H and O–H groups in total. The van der Waals surface area contributed by atoms with Crippen LogP contribution in [0.5, 0.6) is 11.5 Å². The fourth-order valence-electron chi connectivity index (χ4n) is 1.45. The van der Waals surface area contributed by atoms with Gasteiger partial charge in [-0.15, -0.1) is 0 Å². The number of ketones is 1. The maximum absolute atomic E-state index is 11.4. The topological polar surface area (TPSA) is 72.8 Å². The minimum absolute atomic E-state index is 0.0131. The molecule has 6 heteroatoms. The molecule has 0 aliphatic carbocycles. The molecule has 0 saturated carbocycles. The van der Waals surface area contributed by atoms with E-state index in [9.17, 15) is 9.59 Å². The molecular weight excluding hydrogens is 236 g/mol. The van der Waals surface area contributed by atoms with E-state index in [0.29, 0.717) is 17.1 Å². The number of benzene rings is 1. The monoisotopic (exact) mass is 242 g/mol. The second-order valence-electron chi connectivity index (χ2n) is 3.23. The first-order chi connectivity index (χ1) is 7.52. The van der Waals surface area contributed by atoms with Crippen LogP contribution in [-0.2, 0) is 4.79 Å². The number of carbonyl (C=O) groups is 2. The van der Waals surface area contributed by atoms with Gasteiger partial charge in [-0.3, -0.25) is 4.79 Å². The molecule has 1 heterocycles. The highest BCUT2D eigenvalue weighted by Gasteiger charge is 2.26. The molecule has 1 aliphatic heterocycles. The lowest BCUT2D eigenvalue weighted by molar-refractivity contribution is -0.131. The molecule has 1 aromatic carbocycles. The highest BCUT2D eigenvalue weighted by Crippen LogP contribution is 2.42. The smallest absolute Gasteiger partial charge is 0.377 e. The third-order valence-electron chi connectivity index (χ3n) is 2.29. The van der Waals surface area contributed by atoms with E-state index in [4.69, 9.17) is 26.2 Å². The van der Waals surface area contributed by atoms with Crippen LogP contribution in [0.3, 0.4) is 0 Å². The Morgan fingerprint density at radius 1 is 1.44 bits per heavy atom. The lowest BCUT2D eigenvalue weighted by Gasteiger charge is -2.07. The number of rotatable bonds is 2. The van der Waals surface area contributed by atoms with Crippen LogP contribution < -0.4 is 9.47 Å². The largest absolute Gasteiger partial charge is 0.475 e. The van der Waals surface area contributed by atoms with Crippen molar-refractivity contribution in [2.45, 2.75) is 6.92 Å². The van der Waals surface area contributed by atoms with Gasteiger partial charge in [0.05, 0.1) is 5.02 Å². The zero-order valence-electron chi connectivity index (χ0n) is 8.24. The Kier molecular flexibility index (Phi) is 2.47. The number of halogens is 1. The molecule has 84 valence electrons. The summed E-state index contributed by atoms with van der Waals surface area (Å²) in [6, 6.07) is 1.33. The van der Waals surface area contributed by atoms with Crippen molar-refractivity contribution in [3.05, 3.63) is 22.2 Å². The third kappa shape index (κ3) is 1.49. The van der Waals surface area contributed by atoms with Crippen molar-refractivity contribution in [1.29, 1.82) is 0 Å². The van der Waals surface area contributed by atoms with Crippen LogP contribution in [0.1, 0.15) is 15.9 Å². The van der Waals surface area contributed by atoms with Crippen molar-refractivity contribution in [1.82, 2.24) is 0 Å². The molecule has 5 nitrogen and oxygen atoms in total. The summed E-state index contributed by atoms with van der Waals surface area (Å²) in [6.07, 6.45) is 0. The first kappa shape index (κ1) is 10.8. The zero-order chi connectivity index (χ0) is 11.9. The van der Waals surface area contributed by atoms with E-state index >= 15 is 0 Å². The zero-order valence-corrected chi connectivity index (χ0v) is 9.00. The van der Waals surface area contributed by atoms with Gasteiger partial charge in [0.25, 0.3) is 5.78 Å². The van der Waals surface area contributed by atoms with Gasteiger partial charge in [0.15, 0.2) is 11.5 Å². The molecule has 0 amide bonds. The summed E-state index contributed by atoms with van der Waals surface area (Å²) in [7, 11) is 0.